The maximum absolute atomic E-state index is 13.6. The second kappa shape index (κ2) is 7.74. The molecule has 0 radical (unpaired) electrons. The Kier molecular flexibility index (Phi) is 5.40. The lowest BCUT2D eigenvalue weighted by Crippen LogP contribution is -2.24. The topological polar surface area (TPSA) is 59.3 Å². The molecule has 2 aromatic carbocycles. The summed E-state index contributed by atoms with van der Waals surface area (Å²) in [6, 6.07) is 10.6. The second-order valence-corrected chi connectivity index (χ2v) is 6.85. The first-order chi connectivity index (χ1) is 12.8. The van der Waals surface area contributed by atoms with Crippen LogP contribution < -0.4 is 10.9 Å². The van der Waals surface area contributed by atoms with Crippen LogP contribution in [0.3, 0.4) is 0 Å². The van der Waals surface area contributed by atoms with Gasteiger partial charge in [0, 0.05) is 23.9 Å². The van der Waals surface area contributed by atoms with E-state index in [1.54, 1.807) is 19.1 Å². The summed E-state index contributed by atoms with van der Waals surface area (Å²) in [5.74, 6) is -0.486. The van der Waals surface area contributed by atoms with Crippen LogP contribution in [0.15, 0.2) is 45.6 Å². The molecule has 27 heavy (non-hydrogen) atoms. The Labute approximate surface area is 157 Å². The first-order valence-corrected chi connectivity index (χ1v) is 8.90. The standard InChI is InChI=1S/C22H22FNO3/c1-13-4-7-17-15(3)18(22(26)27-20(17)10-13)8-9-21(25)24-12-16-6-5-14(2)19(23)11-16/h4-7,10-11H,8-9,12H2,1-3H3,(H,24,25). The highest BCUT2D eigenvalue weighted by Crippen LogP contribution is 2.21. The SMILES string of the molecule is Cc1ccc2c(C)c(CCC(=O)NCc3ccc(C)c(F)c3)c(=O)oc2c1. The number of hydrogen-bond donors (Lipinski definition) is 1. The van der Waals surface area contributed by atoms with E-state index in [0.717, 1.165) is 16.5 Å². The van der Waals surface area contributed by atoms with E-state index in [2.05, 4.69) is 5.32 Å². The van der Waals surface area contributed by atoms with Crippen LogP contribution in [-0.2, 0) is 17.8 Å². The van der Waals surface area contributed by atoms with Crippen molar-refractivity contribution in [3.8, 4) is 0 Å². The van der Waals surface area contributed by atoms with Crippen molar-refractivity contribution in [3.63, 3.8) is 0 Å². The number of carbonyl (C=O) groups is 1. The highest BCUT2D eigenvalue weighted by molar-refractivity contribution is 5.82. The fourth-order valence-electron chi connectivity index (χ4n) is 3.06. The minimum absolute atomic E-state index is 0.164. The Bertz CT molecular complexity index is 1070. The molecule has 0 aliphatic rings. The van der Waals surface area contributed by atoms with Gasteiger partial charge < -0.3 is 9.73 Å². The lowest BCUT2D eigenvalue weighted by atomic mass is 10.0. The molecule has 1 N–H and O–H groups in total. The van der Waals surface area contributed by atoms with E-state index in [1.165, 1.54) is 6.07 Å². The Balaban J connectivity index is 1.67. The van der Waals surface area contributed by atoms with E-state index in [1.807, 2.05) is 32.0 Å². The van der Waals surface area contributed by atoms with Crippen molar-refractivity contribution in [1.82, 2.24) is 5.32 Å². The molecule has 3 rings (SSSR count). The number of amides is 1. The lowest BCUT2D eigenvalue weighted by molar-refractivity contribution is -0.121. The lowest BCUT2D eigenvalue weighted by Gasteiger charge is -2.09. The van der Waals surface area contributed by atoms with E-state index in [0.29, 0.717) is 28.7 Å². The Morgan fingerprint density at radius 3 is 2.63 bits per heavy atom. The van der Waals surface area contributed by atoms with Crippen molar-refractivity contribution in [2.45, 2.75) is 40.2 Å². The van der Waals surface area contributed by atoms with Crippen LogP contribution in [0.25, 0.3) is 11.0 Å². The van der Waals surface area contributed by atoms with Crippen LogP contribution in [0.5, 0.6) is 0 Å². The quantitative estimate of drug-likeness (QED) is 0.691. The summed E-state index contributed by atoms with van der Waals surface area (Å²) in [5.41, 5.74) is 3.80. The van der Waals surface area contributed by atoms with E-state index in [4.69, 9.17) is 4.42 Å². The van der Waals surface area contributed by atoms with Gasteiger partial charge in [0.1, 0.15) is 11.4 Å². The van der Waals surface area contributed by atoms with Gasteiger partial charge in [-0.3, -0.25) is 4.79 Å². The largest absolute Gasteiger partial charge is 0.423 e. The van der Waals surface area contributed by atoms with E-state index < -0.39 is 5.63 Å². The van der Waals surface area contributed by atoms with Crippen molar-refractivity contribution in [3.05, 3.63) is 80.5 Å². The van der Waals surface area contributed by atoms with E-state index in [-0.39, 0.29) is 24.7 Å². The molecule has 1 heterocycles. The van der Waals surface area contributed by atoms with Crippen LogP contribution in [0, 0.1) is 26.6 Å². The molecule has 0 unspecified atom stereocenters. The molecule has 1 amide bonds. The summed E-state index contributed by atoms with van der Waals surface area (Å²) in [5, 5.41) is 3.64. The molecule has 0 fully saturated rings. The smallest absolute Gasteiger partial charge is 0.339 e. The molecule has 1 aromatic heterocycles. The van der Waals surface area contributed by atoms with Gasteiger partial charge in [-0.15, -0.1) is 0 Å². The van der Waals surface area contributed by atoms with Crippen LogP contribution in [0.2, 0.25) is 0 Å². The molecule has 0 aliphatic carbocycles. The van der Waals surface area contributed by atoms with Crippen molar-refractivity contribution in [2.75, 3.05) is 0 Å². The number of aryl methyl sites for hydroxylation is 3. The normalized spacial score (nSPS) is 11.0. The van der Waals surface area contributed by atoms with Gasteiger partial charge in [-0.1, -0.05) is 24.3 Å². The molecule has 5 heteroatoms. The van der Waals surface area contributed by atoms with Gasteiger partial charge in [0.15, 0.2) is 0 Å². The molecule has 0 bridgehead atoms. The van der Waals surface area contributed by atoms with E-state index in [9.17, 15) is 14.0 Å². The highest BCUT2D eigenvalue weighted by Gasteiger charge is 2.13. The summed E-state index contributed by atoms with van der Waals surface area (Å²) < 4.78 is 19.0. The van der Waals surface area contributed by atoms with Crippen molar-refractivity contribution < 1.29 is 13.6 Å². The number of benzene rings is 2. The molecular weight excluding hydrogens is 345 g/mol. The Hall–Kier alpha value is -2.95. The van der Waals surface area contributed by atoms with Gasteiger partial charge in [0.2, 0.25) is 5.91 Å². The highest BCUT2D eigenvalue weighted by atomic mass is 19.1. The van der Waals surface area contributed by atoms with Gasteiger partial charge in [-0.05, 0) is 61.6 Å². The van der Waals surface area contributed by atoms with Gasteiger partial charge in [-0.2, -0.15) is 0 Å². The van der Waals surface area contributed by atoms with Crippen LogP contribution in [0.1, 0.15) is 34.2 Å². The average molecular weight is 367 g/mol. The second-order valence-electron chi connectivity index (χ2n) is 6.85. The predicted octanol–water partition coefficient (Wildman–Crippen LogP) is 4.11. The van der Waals surface area contributed by atoms with Crippen molar-refractivity contribution >= 4 is 16.9 Å². The number of fused-ring (bicyclic) bond motifs is 1. The number of nitrogens with one attached hydrogen (secondary N) is 1. The third kappa shape index (κ3) is 4.25. The Morgan fingerprint density at radius 1 is 1.11 bits per heavy atom. The zero-order valence-electron chi connectivity index (χ0n) is 15.7. The summed E-state index contributed by atoms with van der Waals surface area (Å²) in [6.45, 7) is 5.75. The number of hydrogen-bond acceptors (Lipinski definition) is 3. The maximum atomic E-state index is 13.6. The molecule has 0 saturated heterocycles. The molecule has 0 atom stereocenters. The molecule has 140 valence electrons. The minimum atomic E-state index is -0.404. The third-order valence-corrected chi connectivity index (χ3v) is 4.77. The molecule has 0 spiro atoms. The average Bonchev–Trinajstić information content (AvgIpc) is 2.62. The number of halogens is 1. The fourth-order valence-corrected chi connectivity index (χ4v) is 3.06. The summed E-state index contributed by atoms with van der Waals surface area (Å²) in [4.78, 5) is 24.4. The molecule has 0 aliphatic heterocycles. The Morgan fingerprint density at radius 2 is 1.89 bits per heavy atom. The van der Waals surface area contributed by atoms with Crippen molar-refractivity contribution in [2.24, 2.45) is 0 Å². The van der Waals surface area contributed by atoms with Gasteiger partial charge in [0.05, 0.1) is 0 Å². The third-order valence-electron chi connectivity index (χ3n) is 4.77. The zero-order valence-corrected chi connectivity index (χ0v) is 15.7. The number of rotatable bonds is 5. The number of carbonyl (C=O) groups excluding carboxylic acids is 1. The van der Waals surface area contributed by atoms with Crippen LogP contribution >= 0.6 is 0 Å². The fraction of sp³-hybridized carbons (Fsp3) is 0.273. The minimum Gasteiger partial charge on any atom is -0.423 e. The first-order valence-electron chi connectivity index (χ1n) is 8.90. The van der Waals surface area contributed by atoms with E-state index >= 15 is 0 Å². The maximum Gasteiger partial charge on any atom is 0.339 e. The zero-order chi connectivity index (χ0) is 19.6. The molecular formula is C22H22FNO3. The molecule has 0 saturated carbocycles. The predicted molar refractivity (Wildman–Crippen MR) is 103 cm³/mol. The summed E-state index contributed by atoms with van der Waals surface area (Å²) in [6.07, 6.45) is 0.462. The summed E-state index contributed by atoms with van der Waals surface area (Å²) >= 11 is 0. The molecule has 4 nitrogen and oxygen atoms in total. The monoisotopic (exact) mass is 367 g/mol. The molecule has 3 aromatic rings. The van der Waals surface area contributed by atoms with Gasteiger partial charge in [-0.25, -0.2) is 9.18 Å². The van der Waals surface area contributed by atoms with Crippen molar-refractivity contribution in [1.29, 1.82) is 0 Å². The summed E-state index contributed by atoms with van der Waals surface area (Å²) in [7, 11) is 0. The first kappa shape index (κ1) is 18.8. The van der Waals surface area contributed by atoms with Crippen LogP contribution in [0.4, 0.5) is 4.39 Å². The van der Waals surface area contributed by atoms with Gasteiger partial charge >= 0.3 is 5.63 Å². The van der Waals surface area contributed by atoms with Crippen LogP contribution in [-0.4, -0.2) is 5.91 Å². The van der Waals surface area contributed by atoms with Gasteiger partial charge in [0.25, 0.3) is 0 Å².